The lowest BCUT2D eigenvalue weighted by Gasteiger charge is -2.31. The molecule has 1 aliphatic rings. The number of rotatable bonds is 6. The number of benzene rings is 1. The number of aliphatic hydroxyl groups is 1. The Morgan fingerprint density at radius 1 is 1.15 bits per heavy atom. The van der Waals surface area contributed by atoms with E-state index < -0.39 is 47.1 Å². The van der Waals surface area contributed by atoms with Gasteiger partial charge in [-0.2, -0.15) is 13.2 Å². The van der Waals surface area contributed by atoms with Gasteiger partial charge in [0, 0.05) is 17.3 Å². The Morgan fingerprint density at radius 2 is 1.83 bits per heavy atom. The maximum Gasteiger partial charge on any atom is 0.424 e. The molecule has 0 bridgehead atoms. The minimum absolute atomic E-state index is 0.00635. The number of imidazole rings is 1. The summed E-state index contributed by atoms with van der Waals surface area (Å²) < 4.78 is 64.6. The number of nitrogens with one attached hydrogen (secondary N) is 1. The van der Waals surface area contributed by atoms with Crippen LogP contribution in [0.5, 0.6) is 5.75 Å². The molecule has 2 amide bonds. The molecule has 0 fully saturated rings. The predicted molar refractivity (Wildman–Crippen MR) is 139 cm³/mol. The zero-order valence-electron chi connectivity index (χ0n) is 22.1. The van der Waals surface area contributed by atoms with Crippen molar-refractivity contribution in [3.8, 4) is 17.0 Å². The lowest BCUT2D eigenvalue weighted by molar-refractivity contribution is -0.265. The molecule has 13 heteroatoms. The van der Waals surface area contributed by atoms with E-state index in [9.17, 15) is 32.3 Å². The summed E-state index contributed by atoms with van der Waals surface area (Å²) in [5.74, 6) is -2.41. The Kier molecular flexibility index (Phi) is 6.52. The third-order valence-corrected chi connectivity index (χ3v) is 7.30. The number of hydrogen-bond acceptors (Lipinski definition) is 6. The number of aryl methyl sites for hydroxylation is 2. The number of carbonyl (C=O) groups is 2. The summed E-state index contributed by atoms with van der Waals surface area (Å²) in [5.41, 5.74) is 0.944. The molecule has 1 aliphatic heterocycles. The summed E-state index contributed by atoms with van der Waals surface area (Å²) in [6.07, 6.45) is -3.77. The van der Waals surface area contributed by atoms with Crippen LogP contribution in [-0.2, 0) is 15.8 Å². The van der Waals surface area contributed by atoms with Crippen molar-refractivity contribution in [3.05, 3.63) is 82.7 Å². The van der Waals surface area contributed by atoms with Crippen molar-refractivity contribution in [2.24, 2.45) is 5.73 Å². The Morgan fingerprint density at radius 3 is 2.46 bits per heavy atom. The lowest BCUT2D eigenvalue weighted by atomic mass is 9.81. The maximum absolute atomic E-state index is 14.6. The quantitative estimate of drug-likeness (QED) is 0.304. The maximum atomic E-state index is 14.6. The number of alkyl halides is 3. The number of nitrogens with two attached hydrogens (primary N) is 1. The molecule has 3 aromatic heterocycles. The van der Waals surface area contributed by atoms with Gasteiger partial charge in [0.05, 0.1) is 17.9 Å². The van der Waals surface area contributed by atoms with E-state index in [4.69, 9.17) is 10.5 Å². The number of fused-ring (bicyclic) bond motifs is 2. The lowest BCUT2D eigenvalue weighted by Crippen LogP contribution is -2.52. The van der Waals surface area contributed by atoms with Gasteiger partial charge in [-0.25, -0.2) is 14.4 Å². The van der Waals surface area contributed by atoms with Gasteiger partial charge in [0.1, 0.15) is 40.6 Å². The van der Waals surface area contributed by atoms with Crippen LogP contribution in [0.4, 0.5) is 17.6 Å². The molecule has 4 N–H and O–H groups in total. The van der Waals surface area contributed by atoms with Crippen molar-refractivity contribution in [1.29, 1.82) is 0 Å². The molecule has 0 aliphatic carbocycles. The molecular weight excluding hydrogens is 546 g/mol. The van der Waals surface area contributed by atoms with E-state index in [1.54, 1.807) is 18.3 Å². The van der Waals surface area contributed by atoms with Gasteiger partial charge in [-0.15, -0.1) is 0 Å². The normalized spacial score (nSPS) is 18.0. The monoisotopic (exact) mass is 571 g/mol. The zero-order valence-corrected chi connectivity index (χ0v) is 22.1. The van der Waals surface area contributed by atoms with Gasteiger partial charge in [-0.1, -0.05) is 0 Å². The number of nitrogens with zero attached hydrogens (tertiary/aromatic N) is 3. The van der Waals surface area contributed by atoms with Crippen LogP contribution in [0.1, 0.15) is 39.9 Å². The topological polar surface area (TPSA) is 132 Å². The van der Waals surface area contributed by atoms with Gasteiger partial charge in [0.2, 0.25) is 11.5 Å². The van der Waals surface area contributed by atoms with Crippen LogP contribution in [0, 0.1) is 19.7 Å². The number of halogens is 4. The molecule has 9 nitrogen and oxygen atoms in total. The fraction of sp³-hybridized carbons (Fsp3) is 0.286. The molecule has 0 radical (unpaired) electrons. The molecule has 214 valence electrons. The van der Waals surface area contributed by atoms with Gasteiger partial charge >= 0.3 is 6.18 Å². The van der Waals surface area contributed by atoms with E-state index in [0.717, 1.165) is 23.8 Å². The van der Waals surface area contributed by atoms with Crippen LogP contribution in [0.25, 0.3) is 16.9 Å². The number of carbonyl (C=O) groups excluding carboxylic acids is 2. The molecular formula is C28H25F4N5O4. The van der Waals surface area contributed by atoms with Crippen molar-refractivity contribution in [1.82, 2.24) is 19.7 Å². The Hall–Kier alpha value is -4.52. The Bertz CT molecular complexity index is 1700. The van der Waals surface area contributed by atoms with E-state index >= 15 is 0 Å². The second-order valence-corrected chi connectivity index (χ2v) is 10.2. The number of pyridine rings is 2. The fourth-order valence-corrected chi connectivity index (χ4v) is 4.77. The summed E-state index contributed by atoms with van der Waals surface area (Å²) in [5, 5.41) is 13.4. The van der Waals surface area contributed by atoms with Gasteiger partial charge in [0.15, 0.2) is 0 Å². The molecule has 4 aromatic rings. The second kappa shape index (κ2) is 9.54. The van der Waals surface area contributed by atoms with Gasteiger partial charge in [-0.3, -0.25) is 14.0 Å². The standard InChI is InChI=1S/C28H25F4N5O4/c1-14-8-9-37-20(10-14)35-15(2)22(37)24(38)34-12-27(40,28(30,31)32)19-11-18-23(41-13-26(18,3)25(33)39)21(36-19)16-4-6-17(29)7-5-16/h4-11,40H,12-13H2,1-3H3,(H2,33,39)(H,34,38)/t26-,27?/m0/s1. The summed E-state index contributed by atoms with van der Waals surface area (Å²) in [6.45, 7) is 3.14. The first-order chi connectivity index (χ1) is 19.2. The molecule has 0 saturated carbocycles. The molecule has 4 heterocycles. The molecule has 0 saturated heterocycles. The minimum Gasteiger partial charge on any atom is -0.489 e. The molecule has 0 spiro atoms. The number of aromatic nitrogens is 3. The second-order valence-electron chi connectivity index (χ2n) is 10.2. The highest BCUT2D eigenvalue weighted by molar-refractivity contribution is 5.95. The first-order valence-electron chi connectivity index (χ1n) is 12.4. The summed E-state index contributed by atoms with van der Waals surface area (Å²) in [6, 6.07) is 9.02. The number of ether oxygens (including phenoxy) is 1. The average molecular weight is 572 g/mol. The zero-order chi connectivity index (χ0) is 29.9. The average Bonchev–Trinajstić information content (AvgIpc) is 3.42. The summed E-state index contributed by atoms with van der Waals surface area (Å²) >= 11 is 0. The van der Waals surface area contributed by atoms with Gasteiger partial charge in [-0.05, 0) is 68.8 Å². The highest BCUT2D eigenvalue weighted by Crippen LogP contribution is 2.47. The Balaban J connectivity index is 1.61. The first kappa shape index (κ1) is 28.0. The molecule has 1 aromatic carbocycles. The van der Waals surface area contributed by atoms with Crippen LogP contribution in [0.2, 0.25) is 0 Å². The SMILES string of the molecule is Cc1ccn2c(C(=O)NCC(O)(c3cc4c(c(-c5ccc(F)cc5)n3)OC[C@]4(C)C(N)=O)C(F)(F)F)c(C)nc2c1. The van der Waals surface area contributed by atoms with Crippen LogP contribution in [-0.4, -0.2) is 50.6 Å². The summed E-state index contributed by atoms with van der Waals surface area (Å²) in [4.78, 5) is 33.9. The van der Waals surface area contributed by atoms with Crippen molar-refractivity contribution < 1.29 is 37.0 Å². The highest BCUT2D eigenvalue weighted by Gasteiger charge is 2.57. The van der Waals surface area contributed by atoms with Crippen LogP contribution in [0.15, 0.2) is 48.7 Å². The number of hydrogen-bond donors (Lipinski definition) is 3. The first-order valence-corrected chi connectivity index (χ1v) is 12.4. The van der Waals surface area contributed by atoms with Crippen LogP contribution < -0.4 is 15.8 Å². The largest absolute Gasteiger partial charge is 0.489 e. The van der Waals surface area contributed by atoms with Crippen molar-refractivity contribution in [2.75, 3.05) is 13.2 Å². The van der Waals surface area contributed by atoms with E-state index in [0.29, 0.717) is 5.65 Å². The fourth-order valence-electron chi connectivity index (χ4n) is 4.77. The van der Waals surface area contributed by atoms with E-state index in [-0.39, 0.29) is 40.6 Å². The van der Waals surface area contributed by atoms with E-state index in [2.05, 4.69) is 15.3 Å². The smallest absolute Gasteiger partial charge is 0.424 e. The summed E-state index contributed by atoms with van der Waals surface area (Å²) in [7, 11) is 0. The van der Waals surface area contributed by atoms with Crippen LogP contribution in [0.3, 0.4) is 0 Å². The predicted octanol–water partition coefficient (Wildman–Crippen LogP) is 3.47. The van der Waals surface area contributed by atoms with E-state index in [1.165, 1.54) is 30.4 Å². The third kappa shape index (κ3) is 4.55. The van der Waals surface area contributed by atoms with Crippen molar-refractivity contribution >= 4 is 17.5 Å². The minimum atomic E-state index is -5.34. The number of amides is 2. The molecule has 41 heavy (non-hydrogen) atoms. The van der Waals surface area contributed by atoms with Crippen LogP contribution >= 0.6 is 0 Å². The van der Waals surface area contributed by atoms with Crippen molar-refractivity contribution in [3.63, 3.8) is 0 Å². The third-order valence-electron chi connectivity index (χ3n) is 7.30. The Labute approximate surface area is 231 Å². The van der Waals surface area contributed by atoms with Crippen molar-refractivity contribution in [2.45, 2.75) is 38.0 Å². The van der Waals surface area contributed by atoms with Gasteiger partial charge in [0.25, 0.3) is 5.91 Å². The highest BCUT2D eigenvalue weighted by atomic mass is 19.4. The molecule has 2 atom stereocenters. The van der Waals surface area contributed by atoms with E-state index in [1.807, 2.05) is 6.92 Å². The number of primary amides is 1. The van der Waals surface area contributed by atoms with Gasteiger partial charge < -0.3 is 20.9 Å². The molecule has 1 unspecified atom stereocenters. The molecule has 5 rings (SSSR count).